The third kappa shape index (κ3) is 2.31. The van der Waals surface area contributed by atoms with Gasteiger partial charge >= 0.3 is 0 Å². The van der Waals surface area contributed by atoms with E-state index in [1.807, 2.05) is 23.1 Å². The molecule has 1 unspecified atom stereocenters. The van der Waals surface area contributed by atoms with Gasteiger partial charge in [0.15, 0.2) is 0 Å². The Balaban J connectivity index is 2.12. The van der Waals surface area contributed by atoms with Gasteiger partial charge in [0.2, 0.25) is 0 Å². The second-order valence-electron chi connectivity index (χ2n) is 4.17. The molecule has 1 atom stereocenters. The second kappa shape index (κ2) is 5.40. The second-order valence-corrected chi connectivity index (χ2v) is 5.77. The van der Waals surface area contributed by atoms with Crippen molar-refractivity contribution in [2.24, 2.45) is 0 Å². The average Bonchev–Trinajstić information content (AvgIpc) is 3.03. The molecule has 0 radical (unpaired) electrons. The van der Waals surface area contributed by atoms with Crippen LogP contribution < -0.4 is 5.32 Å². The van der Waals surface area contributed by atoms with Crippen molar-refractivity contribution in [1.29, 1.82) is 0 Å². The molecule has 3 heterocycles. The molecule has 0 saturated carbocycles. The van der Waals surface area contributed by atoms with E-state index in [2.05, 4.69) is 49.0 Å². The minimum atomic E-state index is 0.132. The quantitative estimate of drug-likeness (QED) is 0.795. The van der Waals surface area contributed by atoms with Crippen LogP contribution in [0.4, 0.5) is 0 Å². The lowest BCUT2D eigenvalue weighted by atomic mass is 10.0. The van der Waals surface area contributed by atoms with Crippen molar-refractivity contribution in [3.8, 4) is 0 Å². The van der Waals surface area contributed by atoms with Gasteiger partial charge in [0.25, 0.3) is 0 Å². The first-order valence-corrected chi connectivity index (χ1v) is 7.77. The van der Waals surface area contributed by atoms with Crippen LogP contribution in [0.2, 0.25) is 0 Å². The Morgan fingerprint density at radius 2 is 2.26 bits per heavy atom. The highest BCUT2D eigenvalue weighted by Crippen LogP contribution is 2.33. The molecule has 0 amide bonds. The number of nitrogens with one attached hydrogen (secondary N) is 1. The topological polar surface area (TPSA) is 42.2 Å². The van der Waals surface area contributed by atoms with Gasteiger partial charge in [-0.05, 0) is 33.4 Å². The molecule has 0 aliphatic carbocycles. The molecular formula is C13H13BrN4S. The van der Waals surface area contributed by atoms with Crippen molar-refractivity contribution in [3.05, 3.63) is 51.1 Å². The van der Waals surface area contributed by atoms with E-state index in [0.29, 0.717) is 0 Å². The monoisotopic (exact) mass is 336 g/mol. The normalized spacial score (nSPS) is 12.9. The summed E-state index contributed by atoms with van der Waals surface area (Å²) in [6.07, 6.45) is 7.37. The third-order valence-electron chi connectivity index (χ3n) is 3.03. The van der Waals surface area contributed by atoms with Crippen LogP contribution in [-0.4, -0.2) is 21.1 Å². The number of hydrogen-bond donors (Lipinski definition) is 1. The van der Waals surface area contributed by atoms with Gasteiger partial charge < -0.3 is 5.32 Å². The number of halogens is 1. The van der Waals surface area contributed by atoms with E-state index in [-0.39, 0.29) is 6.04 Å². The average molecular weight is 337 g/mol. The first-order chi connectivity index (χ1) is 9.31. The maximum Gasteiger partial charge on any atom is 0.0896 e. The first kappa shape index (κ1) is 12.8. The van der Waals surface area contributed by atoms with Gasteiger partial charge in [-0.2, -0.15) is 16.4 Å². The summed E-state index contributed by atoms with van der Waals surface area (Å²) in [7, 11) is 0. The summed E-state index contributed by atoms with van der Waals surface area (Å²) < 4.78 is 2.99. The predicted octanol–water partition coefficient (Wildman–Crippen LogP) is 3.25. The summed E-state index contributed by atoms with van der Waals surface area (Å²) in [6, 6.07) is 0.132. The predicted molar refractivity (Wildman–Crippen MR) is 80.5 cm³/mol. The Morgan fingerprint density at radius 3 is 3.00 bits per heavy atom. The molecule has 0 bridgehead atoms. The molecule has 0 saturated heterocycles. The van der Waals surface area contributed by atoms with Crippen LogP contribution in [0.15, 0.2) is 40.0 Å². The van der Waals surface area contributed by atoms with Crippen molar-refractivity contribution in [1.82, 2.24) is 19.9 Å². The highest BCUT2D eigenvalue weighted by atomic mass is 79.9. The Labute approximate surface area is 123 Å². The van der Waals surface area contributed by atoms with Crippen molar-refractivity contribution in [2.75, 3.05) is 6.54 Å². The van der Waals surface area contributed by atoms with Gasteiger partial charge in [-0.1, -0.05) is 6.92 Å². The van der Waals surface area contributed by atoms with Gasteiger partial charge in [0.1, 0.15) is 0 Å². The van der Waals surface area contributed by atoms with Gasteiger partial charge in [0, 0.05) is 27.8 Å². The molecule has 0 aliphatic rings. The lowest BCUT2D eigenvalue weighted by Crippen LogP contribution is -2.21. The summed E-state index contributed by atoms with van der Waals surface area (Å²) in [4.78, 5) is 4.19. The Kier molecular flexibility index (Phi) is 3.63. The number of hydrogen-bond acceptors (Lipinski definition) is 4. The number of nitrogens with zero attached hydrogens (tertiary/aromatic N) is 3. The number of rotatable bonds is 4. The van der Waals surface area contributed by atoms with Crippen LogP contribution in [0, 0.1) is 0 Å². The minimum absolute atomic E-state index is 0.132. The molecule has 4 nitrogen and oxygen atoms in total. The minimum Gasteiger partial charge on any atom is -0.306 e. The highest BCUT2D eigenvalue weighted by Gasteiger charge is 2.20. The highest BCUT2D eigenvalue weighted by molar-refractivity contribution is 9.10. The smallest absolute Gasteiger partial charge is 0.0896 e. The first-order valence-electron chi connectivity index (χ1n) is 6.03. The molecule has 0 fully saturated rings. The van der Waals surface area contributed by atoms with Crippen molar-refractivity contribution >= 4 is 32.8 Å². The Morgan fingerprint density at radius 1 is 1.37 bits per heavy atom. The number of thiophene rings is 1. The zero-order valence-corrected chi connectivity index (χ0v) is 12.8. The SMILES string of the molecule is CCNC(c1cscc1Br)c1cnn2ccncc12. The molecule has 0 aromatic carbocycles. The maximum atomic E-state index is 4.39. The number of fused-ring (bicyclic) bond motifs is 1. The van der Waals surface area contributed by atoms with Crippen LogP contribution in [0.5, 0.6) is 0 Å². The van der Waals surface area contributed by atoms with Crippen LogP contribution in [0.3, 0.4) is 0 Å². The fourth-order valence-corrected chi connectivity index (χ4v) is 3.72. The molecule has 3 rings (SSSR count). The maximum absolute atomic E-state index is 4.39. The summed E-state index contributed by atoms with van der Waals surface area (Å²) in [5, 5.41) is 12.2. The zero-order valence-electron chi connectivity index (χ0n) is 10.4. The molecule has 1 N–H and O–H groups in total. The molecule has 19 heavy (non-hydrogen) atoms. The lowest BCUT2D eigenvalue weighted by molar-refractivity contribution is 0.634. The zero-order chi connectivity index (χ0) is 13.2. The van der Waals surface area contributed by atoms with Crippen LogP contribution in [0.1, 0.15) is 24.1 Å². The molecule has 0 aliphatic heterocycles. The van der Waals surface area contributed by atoms with Crippen LogP contribution in [-0.2, 0) is 0 Å². The molecule has 98 valence electrons. The van der Waals surface area contributed by atoms with Gasteiger partial charge in [-0.3, -0.25) is 4.98 Å². The molecule has 3 aromatic heterocycles. The molecular weight excluding hydrogens is 324 g/mol. The van der Waals surface area contributed by atoms with E-state index < -0.39 is 0 Å². The summed E-state index contributed by atoms with van der Waals surface area (Å²) in [5.74, 6) is 0. The van der Waals surface area contributed by atoms with Crippen molar-refractivity contribution in [2.45, 2.75) is 13.0 Å². The summed E-state index contributed by atoms with van der Waals surface area (Å²) >= 11 is 5.31. The van der Waals surface area contributed by atoms with Crippen molar-refractivity contribution < 1.29 is 0 Å². The van der Waals surface area contributed by atoms with E-state index in [0.717, 1.165) is 22.1 Å². The van der Waals surface area contributed by atoms with E-state index in [1.165, 1.54) is 5.56 Å². The van der Waals surface area contributed by atoms with Crippen LogP contribution >= 0.6 is 27.3 Å². The van der Waals surface area contributed by atoms with Gasteiger partial charge in [0.05, 0.1) is 24.0 Å². The lowest BCUT2D eigenvalue weighted by Gasteiger charge is -2.16. The summed E-state index contributed by atoms with van der Waals surface area (Å²) in [5.41, 5.74) is 3.42. The van der Waals surface area contributed by atoms with Crippen molar-refractivity contribution in [3.63, 3.8) is 0 Å². The standard InChI is InChI=1S/C13H13BrN4S/c1-2-16-13(10-7-19-8-11(10)14)9-5-17-18-4-3-15-6-12(9)18/h3-8,13,16H,2H2,1H3. The van der Waals surface area contributed by atoms with Gasteiger partial charge in [-0.25, -0.2) is 4.52 Å². The molecule has 3 aromatic rings. The third-order valence-corrected chi connectivity index (χ3v) is 4.78. The molecule has 0 spiro atoms. The fourth-order valence-electron chi connectivity index (χ4n) is 2.16. The van der Waals surface area contributed by atoms with Crippen LogP contribution in [0.25, 0.3) is 5.52 Å². The molecule has 6 heteroatoms. The van der Waals surface area contributed by atoms with Gasteiger partial charge in [-0.15, -0.1) is 0 Å². The number of aromatic nitrogens is 3. The van der Waals surface area contributed by atoms with E-state index >= 15 is 0 Å². The fraction of sp³-hybridized carbons (Fsp3) is 0.231. The Hall–Kier alpha value is -1.24. The largest absolute Gasteiger partial charge is 0.306 e. The van der Waals surface area contributed by atoms with E-state index in [4.69, 9.17) is 0 Å². The Bertz CT molecular complexity index is 691. The summed E-state index contributed by atoms with van der Waals surface area (Å²) in [6.45, 7) is 3.00. The van der Waals surface area contributed by atoms with E-state index in [1.54, 1.807) is 17.5 Å². The van der Waals surface area contributed by atoms with E-state index in [9.17, 15) is 0 Å².